The van der Waals surface area contributed by atoms with Crippen LogP contribution in [-0.4, -0.2) is 10.1 Å². The highest BCUT2D eigenvalue weighted by Gasteiger charge is 2.10. The fraction of sp³-hybridized carbons (Fsp3) is 0.235. The molecular formula is C17H20N2OS2. The van der Waals surface area contributed by atoms with Crippen LogP contribution in [0, 0.1) is 0 Å². The zero-order chi connectivity index (χ0) is 16.2. The maximum Gasteiger partial charge on any atom is 0.280 e. The van der Waals surface area contributed by atoms with Gasteiger partial charge in [0.15, 0.2) is 0 Å². The van der Waals surface area contributed by atoms with Gasteiger partial charge in [-0.1, -0.05) is 43.0 Å². The molecule has 0 bridgehead atoms. The van der Waals surface area contributed by atoms with E-state index in [4.69, 9.17) is 0 Å². The Kier molecular flexibility index (Phi) is 5.42. The van der Waals surface area contributed by atoms with Gasteiger partial charge in [-0.15, -0.1) is 0 Å². The summed E-state index contributed by atoms with van der Waals surface area (Å²) in [6.45, 7) is 4.00. The molecule has 1 amide bonds. The molecule has 22 heavy (non-hydrogen) atoms. The number of rotatable bonds is 5. The van der Waals surface area contributed by atoms with Crippen molar-refractivity contribution >= 4 is 41.9 Å². The highest BCUT2D eigenvalue weighted by atomic mass is 32.1. The monoisotopic (exact) mass is 332 g/mol. The molecule has 116 valence electrons. The zero-order valence-electron chi connectivity index (χ0n) is 12.6. The Balaban J connectivity index is 2.13. The second-order valence-electron chi connectivity index (χ2n) is 5.65. The lowest BCUT2D eigenvalue weighted by atomic mass is 10.0. The standard InChI is InChI=1S/C17H20N2OS2/c1-17(2,22)19-14-9-7-12(8-10-14)11-13-5-3-4-6-15(13)18-16(20)21/h3-10,19,22H,11H2,1-2H3,(H2,18,20,21). The summed E-state index contributed by atoms with van der Waals surface area (Å²) in [6.07, 6.45) is 0.745. The molecule has 0 aliphatic heterocycles. The first-order valence-electron chi connectivity index (χ1n) is 7.01. The average Bonchev–Trinajstić information content (AvgIpc) is 2.41. The van der Waals surface area contributed by atoms with Crippen molar-refractivity contribution in [1.29, 1.82) is 0 Å². The maximum absolute atomic E-state index is 11.1. The topological polar surface area (TPSA) is 41.1 Å². The number of carbonyl (C=O) groups is 1. The van der Waals surface area contributed by atoms with Crippen LogP contribution in [-0.2, 0) is 6.42 Å². The van der Waals surface area contributed by atoms with E-state index in [9.17, 15) is 4.79 Å². The third kappa shape index (κ3) is 5.31. The molecule has 0 spiro atoms. The molecule has 0 saturated heterocycles. The predicted octanol–water partition coefficient (Wildman–Crippen LogP) is 4.82. The van der Waals surface area contributed by atoms with E-state index in [0.29, 0.717) is 0 Å². The lowest BCUT2D eigenvalue weighted by Gasteiger charge is -2.21. The number of anilines is 2. The van der Waals surface area contributed by atoms with Crippen molar-refractivity contribution in [2.45, 2.75) is 25.1 Å². The van der Waals surface area contributed by atoms with Crippen LogP contribution >= 0.6 is 25.3 Å². The van der Waals surface area contributed by atoms with E-state index < -0.39 is 0 Å². The number of para-hydroxylation sites is 1. The molecule has 0 unspecified atom stereocenters. The Morgan fingerprint density at radius 1 is 1.09 bits per heavy atom. The summed E-state index contributed by atoms with van der Waals surface area (Å²) >= 11 is 8.23. The summed E-state index contributed by atoms with van der Waals surface area (Å²) in [7, 11) is 0. The molecule has 0 aliphatic rings. The minimum atomic E-state index is -0.358. The van der Waals surface area contributed by atoms with Crippen molar-refractivity contribution in [3.05, 3.63) is 59.7 Å². The Bertz CT molecular complexity index is 648. The lowest BCUT2D eigenvalue weighted by molar-refractivity contribution is 0.270. The summed E-state index contributed by atoms with van der Waals surface area (Å²) in [4.78, 5) is 10.9. The third-order valence-electron chi connectivity index (χ3n) is 3.06. The highest BCUT2D eigenvalue weighted by Crippen LogP contribution is 2.22. The molecule has 2 aromatic carbocycles. The first-order chi connectivity index (χ1) is 10.3. The van der Waals surface area contributed by atoms with Gasteiger partial charge in [0.1, 0.15) is 0 Å². The highest BCUT2D eigenvalue weighted by molar-refractivity contribution is 7.96. The van der Waals surface area contributed by atoms with E-state index in [2.05, 4.69) is 48.0 Å². The SMILES string of the molecule is CC(C)(S)Nc1ccc(Cc2ccccc2NC(=O)S)cc1. The zero-order valence-corrected chi connectivity index (χ0v) is 14.4. The van der Waals surface area contributed by atoms with Crippen molar-refractivity contribution in [1.82, 2.24) is 0 Å². The van der Waals surface area contributed by atoms with Crippen LogP contribution in [0.2, 0.25) is 0 Å². The number of thiol groups is 2. The second-order valence-corrected chi connectivity index (χ2v) is 7.17. The summed E-state index contributed by atoms with van der Waals surface area (Å²) in [5.41, 5.74) is 4.05. The molecule has 0 fully saturated rings. The molecule has 0 radical (unpaired) electrons. The number of hydrogen-bond acceptors (Lipinski definition) is 3. The van der Waals surface area contributed by atoms with Crippen molar-refractivity contribution in [2.75, 3.05) is 10.6 Å². The van der Waals surface area contributed by atoms with Gasteiger partial charge >= 0.3 is 0 Å². The largest absolute Gasteiger partial charge is 0.371 e. The molecule has 2 N–H and O–H groups in total. The summed E-state index contributed by atoms with van der Waals surface area (Å²) in [5, 5.41) is 5.69. The summed E-state index contributed by atoms with van der Waals surface area (Å²) in [6, 6.07) is 15.9. The molecule has 0 atom stereocenters. The molecule has 3 nitrogen and oxygen atoms in total. The molecule has 0 heterocycles. The van der Waals surface area contributed by atoms with Crippen LogP contribution in [0.15, 0.2) is 48.5 Å². The van der Waals surface area contributed by atoms with Gasteiger partial charge in [-0.3, -0.25) is 4.79 Å². The molecular weight excluding hydrogens is 312 g/mol. The molecule has 5 heteroatoms. The van der Waals surface area contributed by atoms with Crippen molar-refractivity contribution in [3.8, 4) is 0 Å². The van der Waals surface area contributed by atoms with E-state index in [0.717, 1.165) is 23.4 Å². The van der Waals surface area contributed by atoms with E-state index >= 15 is 0 Å². The quantitative estimate of drug-likeness (QED) is 0.468. The van der Waals surface area contributed by atoms with Gasteiger partial charge in [0.25, 0.3) is 5.24 Å². The van der Waals surface area contributed by atoms with Crippen LogP contribution in [0.1, 0.15) is 25.0 Å². The van der Waals surface area contributed by atoms with Crippen LogP contribution in [0.4, 0.5) is 16.2 Å². The van der Waals surface area contributed by atoms with Gasteiger partial charge in [0.05, 0.1) is 4.87 Å². The van der Waals surface area contributed by atoms with Gasteiger partial charge in [-0.2, -0.15) is 12.6 Å². The van der Waals surface area contributed by atoms with Gasteiger partial charge < -0.3 is 10.6 Å². The minimum absolute atomic E-state index is 0.259. The normalized spacial score (nSPS) is 11.1. The predicted molar refractivity (Wildman–Crippen MR) is 100 cm³/mol. The number of carbonyl (C=O) groups excluding carboxylic acids is 1. The minimum Gasteiger partial charge on any atom is -0.371 e. The van der Waals surface area contributed by atoms with Crippen LogP contribution in [0.5, 0.6) is 0 Å². The van der Waals surface area contributed by atoms with E-state index in [1.165, 1.54) is 5.56 Å². The lowest BCUT2D eigenvalue weighted by Crippen LogP contribution is -2.22. The Morgan fingerprint density at radius 2 is 1.73 bits per heavy atom. The van der Waals surface area contributed by atoms with E-state index in [-0.39, 0.29) is 10.1 Å². The molecule has 0 aromatic heterocycles. The molecule has 2 aromatic rings. The Hall–Kier alpha value is -1.59. The van der Waals surface area contributed by atoms with Crippen LogP contribution < -0.4 is 10.6 Å². The van der Waals surface area contributed by atoms with E-state index in [1.807, 2.05) is 50.2 Å². The number of nitrogens with one attached hydrogen (secondary N) is 2. The third-order valence-corrected chi connectivity index (χ3v) is 3.28. The van der Waals surface area contributed by atoms with Crippen LogP contribution in [0.3, 0.4) is 0 Å². The fourth-order valence-electron chi connectivity index (χ4n) is 2.19. The van der Waals surface area contributed by atoms with Crippen molar-refractivity contribution in [2.24, 2.45) is 0 Å². The molecule has 0 saturated carbocycles. The van der Waals surface area contributed by atoms with Crippen molar-refractivity contribution in [3.63, 3.8) is 0 Å². The van der Waals surface area contributed by atoms with Gasteiger partial charge in [-0.25, -0.2) is 0 Å². The number of hydrogen-bond donors (Lipinski definition) is 4. The summed E-state index contributed by atoms with van der Waals surface area (Å²) < 4.78 is 0. The Morgan fingerprint density at radius 3 is 2.32 bits per heavy atom. The van der Waals surface area contributed by atoms with Gasteiger partial charge in [0, 0.05) is 11.4 Å². The van der Waals surface area contributed by atoms with Crippen molar-refractivity contribution < 1.29 is 4.79 Å². The van der Waals surface area contributed by atoms with Gasteiger partial charge in [0.2, 0.25) is 0 Å². The Labute approximate surface area is 142 Å². The fourth-order valence-corrected chi connectivity index (χ4v) is 2.44. The number of benzene rings is 2. The number of amides is 1. The first-order valence-corrected chi connectivity index (χ1v) is 7.90. The summed E-state index contributed by atoms with van der Waals surface area (Å²) in [5.74, 6) is 0. The van der Waals surface area contributed by atoms with Gasteiger partial charge in [-0.05, 0) is 49.6 Å². The average molecular weight is 332 g/mol. The smallest absolute Gasteiger partial charge is 0.280 e. The maximum atomic E-state index is 11.1. The first kappa shape index (κ1) is 16.8. The van der Waals surface area contributed by atoms with E-state index in [1.54, 1.807) is 0 Å². The molecule has 2 rings (SSSR count). The molecule has 0 aliphatic carbocycles. The van der Waals surface area contributed by atoms with Crippen LogP contribution in [0.25, 0.3) is 0 Å². The second kappa shape index (κ2) is 7.11.